The number of nitrogens with one attached hydrogen (secondary N) is 2. The van der Waals surface area contributed by atoms with E-state index in [1.165, 1.54) is 25.7 Å². The molecule has 0 saturated carbocycles. The molecule has 0 radical (unpaired) electrons. The summed E-state index contributed by atoms with van der Waals surface area (Å²) in [6, 6.07) is 6.86. The zero-order chi connectivity index (χ0) is 26.0. The van der Waals surface area contributed by atoms with Gasteiger partial charge < -0.3 is 20.1 Å². The molecule has 0 bridgehead atoms. The number of anilines is 1. The Balaban J connectivity index is 1.67. The second-order valence-corrected chi connectivity index (χ2v) is 7.73. The average molecular weight is 496 g/mol. The molecule has 0 aliphatic heterocycles. The summed E-state index contributed by atoms with van der Waals surface area (Å²) in [5.41, 5.74) is 1.99. The molecule has 0 spiro atoms. The summed E-state index contributed by atoms with van der Waals surface area (Å²) in [5, 5.41) is 9.67. The maximum Gasteiger partial charge on any atom is 0.257 e. The first-order valence-corrected chi connectivity index (χ1v) is 10.7. The van der Waals surface area contributed by atoms with Crippen LogP contribution in [-0.4, -0.2) is 45.6 Å². The lowest BCUT2D eigenvalue weighted by Gasteiger charge is -2.14. The Labute approximate surface area is 204 Å². The number of hydrogen-bond acceptors (Lipinski definition) is 7. The van der Waals surface area contributed by atoms with Crippen molar-refractivity contribution >= 4 is 23.3 Å². The predicted octanol–water partition coefficient (Wildman–Crippen LogP) is 3.28. The van der Waals surface area contributed by atoms with Crippen molar-refractivity contribution in [2.24, 2.45) is 0 Å². The minimum absolute atomic E-state index is 0.0529. The molecular formula is C24H22F2N6O4. The van der Waals surface area contributed by atoms with Gasteiger partial charge in [0.2, 0.25) is 11.8 Å². The van der Waals surface area contributed by atoms with Crippen LogP contribution in [0.4, 0.5) is 14.6 Å². The van der Waals surface area contributed by atoms with Crippen LogP contribution < -0.4 is 20.1 Å². The third kappa shape index (κ3) is 4.78. The van der Waals surface area contributed by atoms with Crippen molar-refractivity contribution in [2.45, 2.75) is 20.4 Å². The van der Waals surface area contributed by atoms with E-state index in [9.17, 15) is 18.4 Å². The van der Waals surface area contributed by atoms with Gasteiger partial charge in [0.25, 0.3) is 5.91 Å². The lowest BCUT2D eigenvalue weighted by molar-refractivity contribution is -0.114. The molecule has 2 N–H and O–H groups in total. The number of hydrogen-bond donors (Lipinski definition) is 2. The van der Waals surface area contributed by atoms with Crippen molar-refractivity contribution < 1.29 is 27.8 Å². The standard InChI is InChI=1S/C24H22F2N6O4/c1-12-14(19-7-8-21-30-20(29-13(2)33)11-32(21)31-19)9-15(24(28-12)36-4)23(34)27-10-16-17(25)5-6-18(26)22(16)35-3/h5-9,11H,10H2,1-4H3,(H,27,34)(H,29,33). The molecule has 1 aromatic carbocycles. The molecule has 4 aromatic rings. The Bertz CT molecular complexity index is 1490. The molecular weight excluding hydrogens is 474 g/mol. The molecule has 0 fully saturated rings. The number of nitrogens with zero attached hydrogens (tertiary/aromatic N) is 4. The third-order valence-corrected chi connectivity index (χ3v) is 5.30. The molecule has 0 atom stereocenters. The fourth-order valence-electron chi connectivity index (χ4n) is 3.65. The lowest BCUT2D eigenvalue weighted by atomic mass is 10.1. The van der Waals surface area contributed by atoms with E-state index in [2.05, 4.69) is 25.7 Å². The van der Waals surface area contributed by atoms with Crippen molar-refractivity contribution in [1.82, 2.24) is 24.9 Å². The summed E-state index contributed by atoms with van der Waals surface area (Å²) in [5.74, 6) is -2.25. The molecule has 186 valence electrons. The Morgan fingerprint density at radius 3 is 2.50 bits per heavy atom. The predicted molar refractivity (Wildman–Crippen MR) is 126 cm³/mol. The second-order valence-electron chi connectivity index (χ2n) is 7.73. The largest absolute Gasteiger partial charge is 0.493 e. The summed E-state index contributed by atoms with van der Waals surface area (Å²) in [6.07, 6.45) is 1.56. The highest BCUT2D eigenvalue weighted by Crippen LogP contribution is 2.28. The van der Waals surface area contributed by atoms with E-state index < -0.39 is 17.5 Å². The molecule has 4 rings (SSSR count). The van der Waals surface area contributed by atoms with Crippen molar-refractivity contribution in [1.29, 1.82) is 0 Å². The van der Waals surface area contributed by atoms with E-state index >= 15 is 0 Å². The van der Waals surface area contributed by atoms with Gasteiger partial charge in [-0.05, 0) is 37.3 Å². The van der Waals surface area contributed by atoms with E-state index in [1.807, 2.05) is 0 Å². The van der Waals surface area contributed by atoms with Crippen molar-refractivity contribution in [3.8, 4) is 22.9 Å². The molecule has 0 aliphatic rings. The molecule has 0 aliphatic carbocycles. The number of methoxy groups -OCH3 is 2. The van der Waals surface area contributed by atoms with Gasteiger partial charge in [-0.15, -0.1) is 0 Å². The van der Waals surface area contributed by atoms with Crippen LogP contribution in [0.3, 0.4) is 0 Å². The zero-order valence-electron chi connectivity index (χ0n) is 19.8. The van der Waals surface area contributed by atoms with Crippen molar-refractivity contribution in [3.63, 3.8) is 0 Å². The molecule has 10 nitrogen and oxygen atoms in total. The lowest BCUT2D eigenvalue weighted by Crippen LogP contribution is -2.25. The number of amides is 2. The normalized spacial score (nSPS) is 10.8. The molecule has 3 heterocycles. The van der Waals surface area contributed by atoms with Gasteiger partial charge in [-0.2, -0.15) is 5.10 Å². The Morgan fingerprint density at radius 2 is 1.81 bits per heavy atom. The molecule has 0 saturated heterocycles. The SMILES string of the molecule is COc1nc(C)c(-c2ccc3nc(NC(C)=O)cn3n2)cc1C(=O)NCc1c(F)ccc(F)c1OC. The maximum atomic E-state index is 14.3. The number of ether oxygens (including phenoxy) is 2. The first-order valence-electron chi connectivity index (χ1n) is 10.7. The van der Waals surface area contributed by atoms with Gasteiger partial charge in [-0.25, -0.2) is 23.3 Å². The number of carbonyl (C=O) groups is 2. The van der Waals surface area contributed by atoms with E-state index in [0.717, 1.165) is 12.1 Å². The van der Waals surface area contributed by atoms with Crippen LogP contribution in [0, 0.1) is 18.6 Å². The molecule has 2 amide bonds. The smallest absolute Gasteiger partial charge is 0.257 e. The summed E-state index contributed by atoms with van der Waals surface area (Å²) in [6.45, 7) is 2.78. The number of benzene rings is 1. The van der Waals surface area contributed by atoms with Crippen molar-refractivity contribution in [2.75, 3.05) is 19.5 Å². The number of imidazole rings is 1. The first kappa shape index (κ1) is 24.5. The van der Waals surface area contributed by atoms with Gasteiger partial charge in [0.15, 0.2) is 23.0 Å². The molecule has 36 heavy (non-hydrogen) atoms. The fraction of sp³-hybridized carbons (Fsp3) is 0.208. The number of aryl methyl sites for hydroxylation is 1. The minimum Gasteiger partial charge on any atom is -0.493 e. The summed E-state index contributed by atoms with van der Waals surface area (Å²) in [4.78, 5) is 33.0. The number of halogens is 2. The monoisotopic (exact) mass is 496 g/mol. The van der Waals surface area contributed by atoms with Crippen LogP contribution in [0.2, 0.25) is 0 Å². The Hall–Kier alpha value is -4.61. The number of carbonyl (C=O) groups excluding carboxylic acids is 2. The van der Waals surface area contributed by atoms with Crippen LogP contribution in [0.25, 0.3) is 16.9 Å². The zero-order valence-corrected chi connectivity index (χ0v) is 19.8. The summed E-state index contributed by atoms with van der Waals surface area (Å²) in [7, 11) is 2.58. The van der Waals surface area contributed by atoms with Gasteiger partial charge in [0.05, 0.1) is 37.4 Å². The van der Waals surface area contributed by atoms with Gasteiger partial charge in [0, 0.05) is 19.0 Å². The summed E-state index contributed by atoms with van der Waals surface area (Å²) >= 11 is 0. The third-order valence-electron chi connectivity index (χ3n) is 5.30. The number of pyridine rings is 1. The maximum absolute atomic E-state index is 14.3. The molecule has 0 unspecified atom stereocenters. The fourth-order valence-corrected chi connectivity index (χ4v) is 3.65. The van der Waals surface area contributed by atoms with Crippen LogP contribution in [0.1, 0.15) is 28.5 Å². The topological polar surface area (TPSA) is 120 Å². The second kappa shape index (κ2) is 9.94. The van der Waals surface area contributed by atoms with Crippen molar-refractivity contribution in [3.05, 3.63) is 65.0 Å². The van der Waals surface area contributed by atoms with E-state index in [-0.39, 0.29) is 35.2 Å². The summed E-state index contributed by atoms with van der Waals surface area (Å²) < 4.78 is 40.0. The first-order chi connectivity index (χ1) is 17.2. The Kier molecular flexibility index (Phi) is 6.77. The highest BCUT2D eigenvalue weighted by atomic mass is 19.1. The molecule has 3 aromatic heterocycles. The molecule has 12 heteroatoms. The van der Waals surface area contributed by atoms with Gasteiger partial charge in [-0.3, -0.25) is 9.59 Å². The number of fused-ring (bicyclic) bond motifs is 1. The van der Waals surface area contributed by atoms with Gasteiger partial charge in [0.1, 0.15) is 11.4 Å². The van der Waals surface area contributed by atoms with E-state index in [4.69, 9.17) is 9.47 Å². The average Bonchev–Trinajstić information content (AvgIpc) is 3.24. The number of aromatic nitrogens is 4. The van der Waals surface area contributed by atoms with Gasteiger partial charge in [-0.1, -0.05) is 0 Å². The van der Waals surface area contributed by atoms with Crippen LogP contribution >= 0.6 is 0 Å². The van der Waals surface area contributed by atoms with E-state index in [0.29, 0.717) is 28.4 Å². The quantitative estimate of drug-likeness (QED) is 0.403. The van der Waals surface area contributed by atoms with Crippen LogP contribution in [0.15, 0.2) is 36.5 Å². The minimum atomic E-state index is -0.748. The van der Waals surface area contributed by atoms with Crippen LogP contribution in [-0.2, 0) is 11.3 Å². The number of rotatable bonds is 7. The Morgan fingerprint density at radius 1 is 1.06 bits per heavy atom. The van der Waals surface area contributed by atoms with Gasteiger partial charge >= 0.3 is 0 Å². The highest BCUT2D eigenvalue weighted by molar-refractivity contribution is 5.97. The van der Waals surface area contributed by atoms with E-state index in [1.54, 1.807) is 31.3 Å². The highest BCUT2D eigenvalue weighted by Gasteiger charge is 2.21. The van der Waals surface area contributed by atoms with Crippen LogP contribution in [0.5, 0.6) is 11.6 Å².